The van der Waals surface area contributed by atoms with Gasteiger partial charge in [0.05, 0.1) is 27.2 Å². The number of rotatable bonds is 6. The van der Waals surface area contributed by atoms with E-state index in [1.807, 2.05) is 0 Å². The number of nitro groups is 1. The van der Waals surface area contributed by atoms with Gasteiger partial charge in [-0.1, -0.05) is 24.3 Å². The van der Waals surface area contributed by atoms with Gasteiger partial charge in [0, 0.05) is 6.07 Å². The maximum Gasteiger partial charge on any atom is 0.285 e. The zero-order chi connectivity index (χ0) is 15.2. The zero-order valence-corrected chi connectivity index (χ0v) is 11.9. The molecule has 0 saturated heterocycles. The first-order chi connectivity index (χ1) is 10.1. The van der Waals surface area contributed by atoms with E-state index in [-0.39, 0.29) is 22.9 Å². The van der Waals surface area contributed by atoms with Gasteiger partial charge in [0.15, 0.2) is 0 Å². The lowest BCUT2D eigenvalue weighted by atomic mass is 10.3. The van der Waals surface area contributed by atoms with E-state index in [4.69, 9.17) is 10.5 Å². The number of ether oxygens (including phenoxy) is 1. The normalized spacial score (nSPS) is 11.8. The molecule has 2 rings (SSSR count). The summed E-state index contributed by atoms with van der Waals surface area (Å²) in [5.41, 5.74) is 6.07. The Morgan fingerprint density at radius 1 is 1.14 bits per heavy atom. The van der Waals surface area contributed by atoms with Crippen LogP contribution in [-0.4, -0.2) is 21.5 Å². The lowest BCUT2D eigenvalue weighted by molar-refractivity contribution is -0.387. The Labute approximate surface area is 124 Å². The van der Waals surface area contributed by atoms with Crippen LogP contribution in [0.4, 0.5) is 11.4 Å². The van der Waals surface area contributed by atoms with Crippen LogP contribution in [0.2, 0.25) is 0 Å². The second-order valence-electron chi connectivity index (χ2n) is 4.16. The fourth-order valence-corrected chi connectivity index (χ4v) is 2.81. The molecule has 6 nitrogen and oxygen atoms in total. The second-order valence-corrected chi connectivity index (χ2v) is 5.70. The molecule has 2 aromatic rings. The maximum absolute atomic E-state index is 12.1. The third-order valence-electron chi connectivity index (χ3n) is 2.75. The molecule has 0 aromatic heterocycles. The van der Waals surface area contributed by atoms with Gasteiger partial charge in [0.25, 0.3) is 5.69 Å². The Morgan fingerprint density at radius 3 is 2.52 bits per heavy atom. The highest BCUT2D eigenvalue weighted by atomic mass is 32.2. The van der Waals surface area contributed by atoms with Crippen molar-refractivity contribution in [3.63, 3.8) is 0 Å². The fourth-order valence-electron chi connectivity index (χ4n) is 1.75. The molecular formula is C14H14N2O4S. The molecule has 0 amide bonds. The molecule has 0 bridgehead atoms. The first-order valence-corrected chi connectivity index (χ1v) is 7.50. The Morgan fingerprint density at radius 2 is 1.81 bits per heavy atom. The predicted octanol–water partition coefficient (Wildman–Crippen LogP) is 2.36. The molecule has 2 aromatic carbocycles. The molecule has 110 valence electrons. The van der Waals surface area contributed by atoms with Crippen LogP contribution in [0, 0.1) is 10.1 Å². The number of nitrogen functional groups attached to an aromatic ring is 1. The summed E-state index contributed by atoms with van der Waals surface area (Å²) in [5, 5.41) is 10.9. The quantitative estimate of drug-likeness (QED) is 0.502. The summed E-state index contributed by atoms with van der Waals surface area (Å²) in [6.45, 7) is 0.160. The summed E-state index contributed by atoms with van der Waals surface area (Å²) >= 11 is 0. The number of hydrogen-bond donors (Lipinski definition) is 1. The summed E-state index contributed by atoms with van der Waals surface area (Å²) in [6.07, 6.45) is 0. The van der Waals surface area contributed by atoms with E-state index < -0.39 is 15.7 Å². The van der Waals surface area contributed by atoms with Crippen LogP contribution < -0.4 is 10.5 Å². The van der Waals surface area contributed by atoms with E-state index in [0.717, 1.165) is 0 Å². The Hall–Kier alpha value is -2.41. The van der Waals surface area contributed by atoms with Crippen LogP contribution in [0.1, 0.15) is 0 Å². The maximum atomic E-state index is 12.1. The van der Waals surface area contributed by atoms with Crippen LogP contribution >= 0.6 is 0 Å². The van der Waals surface area contributed by atoms with Crippen LogP contribution in [-0.2, 0) is 10.8 Å². The van der Waals surface area contributed by atoms with Gasteiger partial charge in [-0.3, -0.25) is 14.3 Å². The third kappa shape index (κ3) is 3.79. The van der Waals surface area contributed by atoms with Gasteiger partial charge in [-0.25, -0.2) is 0 Å². The summed E-state index contributed by atoms with van der Waals surface area (Å²) in [4.78, 5) is 10.6. The largest absolute Gasteiger partial charge is 0.490 e. The van der Waals surface area contributed by atoms with Crippen molar-refractivity contribution in [3.8, 4) is 5.75 Å². The standard InChI is InChI=1S/C14H14N2O4S/c15-11-5-1-3-7-13(11)20-9-10-21(19)14-8-4-2-6-12(14)16(17)18/h1-8H,9-10,15H2. The van der Waals surface area contributed by atoms with Gasteiger partial charge >= 0.3 is 0 Å². The molecule has 0 aliphatic carbocycles. The zero-order valence-electron chi connectivity index (χ0n) is 11.1. The number of nitrogens with zero attached hydrogens (tertiary/aromatic N) is 1. The highest BCUT2D eigenvalue weighted by Crippen LogP contribution is 2.22. The van der Waals surface area contributed by atoms with Crippen molar-refractivity contribution in [2.24, 2.45) is 0 Å². The molecule has 21 heavy (non-hydrogen) atoms. The minimum Gasteiger partial charge on any atom is -0.490 e. The van der Waals surface area contributed by atoms with E-state index in [0.29, 0.717) is 11.4 Å². The number of benzene rings is 2. The molecule has 0 radical (unpaired) electrons. The molecule has 2 N–H and O–H groups in total. The molecule has 0 aliphatic rings. The van der Waals surface area contributed by atoms with Gasteiger partial charge < -0.3 is 10.5 Å². The van der Waals surface area contributed by atoms with Gasteiger partial charge in [-0.05, 0) is 18.2 Å². The summed E-state index contributed by atoms with van der Waals surface area (Å²) < 4.78 is 17.6. The van der Waals surface area contributed by atoms with Gasteiger partial charge in [0.1, 0.15) is 17.3 Å². The fraction of sp³-hybridized carbons (Fsp3) is 0.143. The topological polar surface area (TPSA) is 95.5 Å². The van der Waals surface area contributed by atoms with E-state index in [1.165, 1.54) is 12.1 Å². The molecule has 0 saturated carbocycles. The molecule has 0 fully saturated rings. The first-order valence-electron chi connectivity index (χ1n) is 6.18. The summed E-state index contributed by atoms with van der Waals surface area (Å²) in [6, 6.07) is 13.0. The number of nitro benzene ring substituents is 1. The smallest absolute Gasteiger partial charge is 0.285 e. The molecule has 0 heterocycles. The van der Waals surface area contributed by atoms with Crippen LogP contribution in [0.15, 0.2) is 53.4 Å². The number of hydrogen-bond acceptors (Lipinski definition) is 5. The third-order valence-corrected chi connectivity index (χ3v) is 4.13. The van der Waals surface area contributed by atoms with Crippen molar-refractivity contribution in [1.82, 2.24) is 0 Å². The first kappa shape index (κ1) is 15.0. The highest BCUT2D eigenvalue weighted by Gasteiger charge is 2.17. The van der Waals surface area contributed by atoms with Crippen LogP contribution in [0.25, 0.3) is 0 Å². The van der Waals surface area contributed by atoms with Crippen molar-refractivity contribution in [1.29, 1.82) is 0 Å². The average molecular weight is 306 g/mol. The molecular weight excluding hydrogens is 292 g/mol. The van der Waals surface area contributed by atoms with Crippen LogP contribution in [0.3, 0.4) is 0 Å². The molecule has 0 aliphatic heterocycles. The van der Waals surface area contributed by atoms with Crippen LogP contribution in [0.5, 0.6) is 5.75 Å². The Balaban J connectivity index is 2.00. The lowest BCUT2D eigenvalue weighted by Gasteiger charge is -2.08. The minimum atomic E-state index is -1.50. The van der Waals surface area contributed by atoms with Gasteiger partial charge in [-0.15, -0.1) is 0 Å². The predicted molar refractivity (Wildman–Crippen MR) is 80.7 cm³/mol. The Kier molecular flexibility index (Phi) is 4.89. The Bertz CT molecular complexity index is 676. The van der Waals surface area contributed by atoms with Crippen molar-refractivity contribution in [2.75, 3.05) is 18.1 Å². The van der Waals surface area contributed by atoms with Crippen molar-refractivity contribution in [2.45, 2.75) is 4.90 Å². The van der Waals surface area contributed by atoms with E-state index in [9.17, 15) is 14.3 Å². The highest BCUT2D eigenvalue weighted by molar-refractivity contribution is 7.85. The SMILES string of the molecule is Nc1ccccc1OCCS(=O)c1ccccc1[N+](=O)[O-]. The van der Waals surface area contributed by atoms with Crippen molar-refractivity contribution in [3.05, 3.63) is 58.6 Å². The molecule has 1 atom stereocenters. The molecule has 7 heteroatoms. The van der Waals surface area contributed by atoms with Crippen molar-refractivity contribution >= 4 is 22.2 Å². The van der Waals surface area contributed by atoms with Crippen molar-refractivity contribution < 1.29 is 13.9 Å². The number of para-hydroxylation sites is 3. The second kappa shape index (κ2) is 6.85. The monoisotopic (exact) mass is 306 g/mol. The van der Waals surface area contributed by atoms with Gasteiger partial charge in [0.2, 0.25) is 0 Å². The number of nitrogens with two attached hydrogens (primary N) is 1. The summed E-state index contributed by atoms with van der Waals surface area (Å²) in [7, 11) is -1.50. The molecule has 1 unspecified atom stereocenters. The van der Waals surface area contributed by atoms with E-state index >= 15 is 0 Å². The average Bonchev–Trinajstić information content (AvgIpc) is 2.49. The minimum absolute atomic E-state index is 0.143. The number of anilines is 1. The summed E-state index contributed by atoms with van der Waals surface area (Å²) in [5.74, 6) is 0.663. The lowest BCUT2D eigenvalue weighted by Crippen LogP contribution is -2.10. The van der Waals surface area contributed by atoms with E-state index in [1.54, 1.807) is 36.4 Å². The van der Waals surface area contributed by atoms with Gasteiger partial charge in [-0.2, -0.15) is 0 Å². The van der Waals surface area contributed by atoms with E-state index in [2.05, 4.69) is 0 Å². The molecule has 0 spiro atoms.